The lowest BCUT2D eigenvalue weighted by Crippen LogP contribution is -2.63. The van der Waals surface area contributed by atoms with Gasteiger partial charge in [-0.2, -0.15) is 13.2 Å². The number of hydrogen-bond acceptors (Lipinski definition) is 10. The average molecular weight is 823 g/mol. The van der Waals surface area contributed by atoms with E-state index in [0.29, 0.717) is 19.4 Å². The smallest absolute Gasteiger partial charge is 0.480 e. The summed E-state index contributed by atoms with van der Waals surface area (Å²) in [5, 5.41) is 24.9. The number of nitrogens with zero attached hydrogens (tertiary/aromatic N) is 1. The molecule has 17 nitrogen and oxygen atoms in total. The zero-order chi connectivity index (χ0) is 43.6. The first-order valence-electron chi connectivity index (χ1n) is 18.5. The Morgan fingerprint density at radius 1 is 0.810 bits per heavy atom. The summed E-state index contributed by atoms with van der Waals surface area (Å²) in [4.78, 5) is 88.7. The van der Waals surface area contributed by atoms with E-state index in [9.17, 15) is 47.0 Å². The Morgan fingerprint density at radius 2 is 1.31 bits per heavy atom. The van der Waals surface area contributed by atoms with Gasteiger partial charge in [0.25, 0.3) is 0 Å². The Kier molecular flexibility index (Phi) is 19.2. The minimum atomic E-state index is -5.08. The van der Waals surface area contributed by atoms with Gasteiger partial charge in [-0.05, 0) is 69.5 Å². The molecule has 1 heterocycles. The molecule has 6 atom stereocenters. The number of rotatable bonds is 19. The van der Waals surface area contributed by atoms with Gasteiger partial charge in [-0.25, -0.2) is 4.79 Å². The number of aliphatic carboxylic acids is 2. The molecule has 1 aliphatic rings. The van der Waals surface area contributed by atoms with Gasteiger partial charge >= 0.3 is 18.1 Å². The molecule has 5 amide bonds. The van der Waals surface area contributed by atoms with Crippen LogP contribution in [0.1, 0.15) is 63.0 Å². The third kappa shape index (κ3) is 16.1. The van der Waals surface area contributed by atoms with E-state index in [1.54, 1.807) is 31.2 Å². The number of carbonyl (C=O) groups excluding carboxylic acids is 5. The fraction of sp³-hybridized carbons (Fsp3) is 0.500. The van der Waals surface area contributed by atoms with Crippen molar-refractivity contribution in [2.75, 3.05) is 13.1 Å². The molecule has 2 aromatic carbocycles. The number of nitrogens with one attached hydrogen (secondary N) is 3. The molecular weight excluding hydrogens is 769 g/mol. The lowest BCUT2D eigenvalue weighted by atomic mass is 9.84. The lowest BCUT2D eigenvalue weighted by Gasteiger charge is -2.42. The van der Waals surface area contributed by atoms with E-state index in [0.717, 1.165) is 11.1 Å². The standard InChI is InChI=1S/C36H52N8O7.C2HF3O2/c1-23-22-36(40,35(50)51)17-19-44(23)34(49)28(14-8-9-18-37)42-32(47)27(15-16-30(39)45)41-33(48)29(21-25-12-6-3-7-13-25)43-31(46)26(38)20-24-10-4-2-5-11-24;3-2(4,5)1(6)7/h2-7,10-13,23,26-29H,8-9,14-22,37-38,40H2,1H3,(H2,39,45)(H,41,48)(H,42,47)(H,43,46)(H,50,51);(H,6,7)/t23?,26-,27-,28-,29-,36?;/m1./s1. The minimum absolute atomic E-state index is 0.0262. The monoisotopic (exact) mass is 822 g/mol. The van der Waals surface area contributed by atoms with Crippen molar-refractivity contribution in [2.45, 2.75) is 107 Å². The van der Waals surface area contributed by atoms with E-state index in [4.69, 9.17) is 32.8 Å². The largest absolute Gasteiger partial charge is 0.490 e. The predicted octanol–water partition coefficient (Wildman–Crippen LogP) is 0.0743. The van der Waals surface area contributed by atoms with Gasteiger partial charge in [-0.1, -0.05) is 60.7 Å². The van der Waals surface area contributed by atoms with Gasteiger partial charge in [0.15, 0.2) is 0 Å². The number of amides is 5. The van der Waals surface area contributed by atoms with Gasteiger partial charge in [-0.3, -0.25) is 28.8 Å². The third-order valence-electron chi connectivity index (χ3n) is 9.37. The number of likely N-dealkylation sites (tertiary alicyclic amines) is 1. The summed E-state index contributed by atoms with van der Waals surface area (Å²) >= 11 is 0. The second-order valence-corrected chi connectivity index (χ2v) is 14.1. The molecule has 1 saturated heterocycles. The van der Waals surface area contributed by atoms with Crippen LogP contribution in [0.2, 0.25) is 0 Å². The number of nitrogens with two attached hydrogens (primary N) is 4. The van der Waals surface area contributed by atoms with Gasteiger partial charge in [-0.15, -0.1) is 0 Å². The van der Waals surface area contributed by atoms with Gasteiger partial charge < -0.3 is 54.0 Å². The van der Waals surface area contributed by atoms with Crippen LogP contribution in [0.15, 0.2) is 60.7 Å². The maximum atomic E-state index is 13.8. The molecule has 0 saturated carbocycles. The number of carboxylic acid groups (broad SMARTS) is 2. The Bertz CT molecular complexity index is 1700. The molecule has 1 aliphatic heterocycles. The molecule has 0 radical (unpaired) electrons. The Hall–Kier alpha value is -5.60. The molecule has 1 fully saturated rings. The highest BCUT2D eigenvalue weighted by atomic mass is 19.4. The number of primary amides is 1. The predicted molar refractivity (Wildman–Crippen MR) is 204 cm³/mol. The van der Waals surface area contributed by atoms with E-state index in [1.165, 1.54) is 4.90 Å². The highest BCUT2D eigenvalue weighted by molar-refractivity contribution is 5.95. The number of carboxylic acids is 2. The maximum Gasteiger partial charge on any atom is 0.490 e. The quantitative estimate of drug-likeness (QED) is 0.0851. The summed E-state index contributed by atoms with van der Waals surface area (Å²) in [7, 11) is 0. The van der Waals surface area contributed by atoms with E-state index in [-0.39, 0.29) is 51.5 Å². The molecule has 0 bridgehead atoms. The molecule has 20 heteroatoms. The van der Waals surface area contributed by atoms with Crippen LogP contribution >= 0.6 is 0 Å². The second kappa shape index (κ2) is 23.0. The highest BCUT2D eigenvalue weighted by Crippen LogP contribution is 2.26. The average Bonchev–Trinajstić information content (AvgIpc) is 3.16. The van der Waals surface area contributed by atoms with Gasteiger partial charge in [0.2, 0.25) is 29.5 Å². The molecular formula is C38H53F3N8O9. The molecule has 2 unspecified atom stereocenters. The molecule has 2 aromatic rings. The van der Waals surface area contributed by atoms with E-state index >= 15 is 0 Å². The van der Waals surface area contributed by atoms with Crippen LogP contribution < -0.4 is 38.9 Å². The van der Waals surface area contributed by atoms with Crippen molar-refractivity contribution >= 4 is 41.5 Å². The number of halogens is 3. The van der Waals surface area contributed by atoms with Crippen LogP contribution in [0.5, 0.6) is 0 Å². The number of unbranched alkanes of at least 4 members (excludes halogenated alkanes) is 1. The summed E-state index contributed by atoms with van der Waals surface area (Å²) in [5.41, 5.74) is 23.5. The molecule has 320 valence electrons. The van der Waals surface area contributed by atoms with Crippen molar-refractivity contribution in [2.24, 2.45) is 22.9 Å². The molecule has 0 aromatic heterocycles. The fourth-order valence-electron chi connectivity index (χ4n) is 6.15. The first kappa shape index (κ1) is 48.5. The Labute approximate surface area is 333 Å². The fourth-order valence-corrected chi connectivity index (χ4v) is 6.15. The van der Waals surface area contributed by atoms with E-state index < -0.39 is 83.4 Å². The molecule has 0 spiro atoms. The van der Waals surface area contributed by atoms with Crippen molar-refractivity contribution < 1.29 is 56.9 Å². The number of benzene rings is 2. The number of piperidine rings is 1. The van der Waals surface area contributed by atoms with Crippen LogP contribution in [0.3, 0.4) is 0 Å². The van der Waals surface area contributed by atoms with Crippen LogP contribution in [0.4, 0.5) is 13.2 Å². The summed E-state index contributed by atoms with van der Waals surface area (Å²) in [6, 6.07) is 13.2. The van der Waals surface area contributed by atoms with E-state index in [2.05, 4.69) is 16.0 Å². The van der Waals surface area contributed by atoms with Crippen molar-refractivity contribution in [3.8, 4) is 0 Å². The third-order valence-corrected chi connectivity index (χ3v) is 9.37. The van der Waals surface area contributed by atoms with E-state index in [1.807, 2.05) is 36.4 Å². The SMILES string of the molecule is CC1CC(N)(C(=O)O)CCN1C(=O)[C@@H](CCCCN)NC(=O)[C@@H](CCC(N)=O)NC(=O)[C@@H](Cc1ccccc1)NC(=O)[C@H](N)Cc1ccccc1.O=C(O)C(F)(F)F. The summed E-state index contributed by atoms with van der Waals surface area (Å²) in [6.45, 7) is 2.13. The van der Waals surface area contributed by atoms with Crippen LogP contribution in [0.25, 0.3) is 0 Å². The lowest BCUT2D eigenvalue weighted by molar-refractivity contribution is -0.192. The topological polar surface area (TPSA) is 303 Å². The van der Waals surface area contributed by atoms with Crippen LogP contribution in [-0.2, 0) is 46.4 Å². The van der Waals surface area contributed by atoms with Gasteiger partial charge in [0, 0.05) is 25.4 Å². The van der Waals surface area contributed by atoms with Crippen molar-refractivity contribution in [1.82, 2.24) is 20.9 Å². The highest BCUT2D eigenvalue weighted by Gasteiger charge is 2.44. The van der Waals surface area contributed by atoms with Crippen molar-refractivity contribution in [3.63, 3.8) is 0 Å². The zero-order valence-electron chi connectivity index (χ0n) is 32.1. The number of carbonyl (C=O) groups is 7. The first-order valence-corrected chi connectivity index (χ1v) is 18.5. The molecule has 0 aliphatic carbocycles. The molecule has 13 N–H and O–H groups in total. The van der Waals surface area contributed by atoms with Gasteiger partial charge in [0.05, 0.1) is 6.04 Å². The second-order valence-electron chi connectivity index (χ2n) is 14.1. The summed E-state index contributed by atoms with van der Waals surface area (Å²) in [5.74, 6) is -7.04. The van der Waals surface area contributed by atoms with Crippen molar-refractivity contribution in [3.05, 3.63) is 71.8 Å². The molecule has 3 rings (SSSR count). The van der Waals surface area contributed by atoms with Crippen molar-refractivity contribution in [1.29, 1.82) is 0 Å². The maximum absolute atomic E-state index is 13.8. The van der Waals surface area contributed by atoms with Crippen LogP contribution in [-0.4, -0.2) is 112 Å². The Balaban J connectivity index is 0.00000151. The Morgan fingerprint density at radius 3 is 1.79 bits per heavy atom. The number of hydrogen-bond donors (Lipinski definition) is 9. The summed E-state index contributed by atoms with van der Waals surface area (Å²) in [6.07, 6.45) is -3.85. The first-order chi connectivity index (χ1) is 27.2. The van der Waals surface area contributed by atoms with Crippen LogP contribution in [0, 0.1) is 0 Å². The molecule has 58 heavy (non-hydrogen) atoms. The number of alkyl halides is 3. The normalized spacial score (nSPS) is 18.5. The zero-order valence-corrected chi connectivity index (χ0v) is 32.1. The van der Waals surface area contributed by atoms with Gasteiger partial charge in [0.1, 0.15) is 23.7 Å². The summed E-state index contributed by atoms with van der Waals surface area (Å²) < 4.78 is 31.7. The minimum Gasteiger partial charge on any atom is -0.480 e.